The lowest BCUT2D eigenvalue weighted by Gasteiger charge is -2.03. The predicted octanol–water partition coefficient (Wildman–Crippen LogP) is 0.843. The number of aromatic nitrogens is 4. The Hall–Kier alpha value is -1.91. The Morgan fingerprint density at radius 2 is 2.20 bits per heavy atom. The molecule has 0 radical (unpaired) electrons. The summed E-state index contributed by atoms with van der Waals surface area (Å²) in [6.07, 6.45) is 6.00. The van der Waals surface area contributed by atoms with Crippen LogP contribution in [-0.2, 0) is 13.5 Å². The van der Waals surface area contributed by atoms with Gasteiger partial charge in [0.15, 0.2) is 0 Å². The molecule has 78 valence electrons. The van der Waals surface area contributed by atoms with Gasteiger partial charge in [0.25, 0.3) is 0 Å². The summed E-state index contributed by atoms with van der Waals surface area (Å²) >= 11 is 0. The van der Waals surface area contributed by atoms with E-state index in [1.807, 2.05) is 30.9 Å². The minimum atomic E-state index is 0.723. The fourth-order valence-corrected chi connectivity index (χ4v) is 1.36. The molecule has 2 rings (SSSR count). The van der Waals surface area contributed by atoms with E-state index in [0.29, 0.717) is 0 Å². The molecule has 0 amide bonds. The lowest BCUT2D eigenvalue weighted by Crippen LogP contribution is -2.02. The average molecular weight is 203 g/mol. The number of nitrogens with one attached hydrogen (secondary N) is 1. The highest BCUT2D eigenvalue weighted by molar-refractivity contribution is 5.34. The maximum atomic E-state index is 4.25. The Kier molecular flexibility index (Phi) is 2.62. The third-order valence-electron chi connectivity index (χ3n) is 2.24. The Morgan fingerprint density at radius 3 is 2.87 bits per heavy atom. The van der Waals surface area contributed by atoms with Gasteiger partial charge in [-0.05, 0) is 0 Å². The van der Waals surface area contributed by atoms with Crippen molar-refractivity contribution in [3.8, 4) is 0 Å². The second kappa shape index (κ2) is 4.08. The van der Waals surface area contributed by atoms with E-state index in [-0.39, 0.29) is 0 Å². The minimum Gasteiger partial charge on any atom is -0.373 e. The Balaban J connectivity index is 2.21. The van der Waals surface area contributed by atoms with Crippen molar-refractivity contribution in [1.82, 2.24) is 19.5 Å². The van der Waals surface area contributed by atoms with Gasteiger partial charge in [-0.25, -0.2) is 15.0 Å². The van der Waals surface area contributed by atoms with Crippen LogP contribution in [0.25, 0.3) is 0 Å². The average Bonchev–Trinajstić information content (AvgIpc) is 2.65. The van der Waals surface area contributed by atoms with Gasteiger partial charge in [-0.1, -0.05) is 0 Å². The van der Waals surface area contributed by atoms with Gasteiger partial charge in [0.2, 0.25) is 0 Å². The summed E-state index contributed by atoms with van der Waals surface area (Å²) in [6.45, 7) is 0. The first-order valence-corrected chi connectivity index (χ1v) is 4.74. The molecule has 0 bridgehead atoms. The summed E-state index contributed by atoms with van der Waals surface area (Å²) < 4.78 is 1.99. The third kappa shape index (κ3) is 2.12. The normalized spacial score (nSPS) is 10.3. The highest BCUT2D eigenvalue weighted by atomic mass is 15.0. The monoisotopic (exact) mass is 203 g/mol. The van der Waals surface area contributed by atoms with E-state index >= 15 is 0 Å². The molecule has 0 spiro atoms. The molecule has 5 heteroatoms. The highest BCUT2D eigenvalue weighted by Gasteiger charge is 2.03. The van der Waals surface area contributed by atoms with E-state index < -0.39 is 0 Å². The number of hydrogen-bond donors (Lipinski definition) is 1. The van der Waals surface area contributed by atoms with Crippen LogP contribution in [0.3, 0.4) is 0 Å². The molecular weight excluding hydrogens is 190 g/mol. The zero-order valence-corrected chi connectivity index (χ0v) is 8.81. The second-order valence-electron chi connectivity index (χ2n) is 3.28. The Bertz CT molecular complexity index is 449. The number of hydrogen-bond acceptors (Lipinski definition) is 4. The van der Waals surface area contributed by atoms with Crippen molar-refractivity contribution in [3.63, 3.8) is 0 Å². The van der Waals surface area contributed by atoms with Crippen LogP contribution in [-0.4, -0.2) is 26.6 Å². The van der Waals surface area contributed by atoms with Gasteiger partial charge in [-0.3, -0.25) is 0 Å². The smallest absolute Gasteiger partial charge is 0.129 e. The van der Waals surface area contributed by atoms with Gasteiger partial charge < -0.3 is 9.88 Å². The van der Waals surface area contributed by atoms with Crippen LogP contribution in [0.15, 0.2) is 24.8 Å². The molecule has 5 nitrogen and oxygen atoms in total. The summed E-state index contributed by atoms with van der Waals surface area (Å²) in [6, 6.07) is 1.93. The van der Waals surface area contributed by atoms with Crippen LogP contribution in [0.5, 0.6) is 0 Å². The predicted molar refractivity (Wildman–Crippen MR) is 57.6 cm³/mol. The van der Waals surface area contributed by atoms with Crippen molar-refractivity contribution < 1.29 is 0 Å². The van der Waals surface area contributed by atoms with Crippen molar-refractivity contribution in [2.75, 3.05) is 12.4 Å². The second-order valence-corrected chi connectivity index (χ2v) is 3.28. The fourth-order valence-electron chi connectivity index (χ4n) is 1.36. The minimum absolute atomic E-state index is 0.723. The van der Waals surface area contributed by atoms with Gasteiger partial charge in [0, 0.05) is 39.0 Å². The molecule has 0 fully saturated rings. The maximum absolute atomic E-state index is 4.25. The van der Waals surface area contributed by atoms with E-state index in [9.17, 15) is 0 Å². The summed E-state index contributed by atoms with van der Waals surface area (Å²) in [4.78, 5) is 12.5. The van der Waals surface area contributed by atoms with Crippen molar-refractivity contribution in [3.05, 3.63) is 36.3 Å². The summed E-state index contributed by atoms with van der Waals surface area (Å²) in [5.41, 5.74) is 0.962. The fraction of sp³-hybridized carbons (Fsp3) is 0.300. The molecule has 0 unspecified atom stereocenters. The molecule has 2 aromatic heterocycles. The lowest BCUT2D eigenvalue weighted by atomic mass is 10.3. The first-order chi connectivity index (χ1) is 7.29. The molecule has 1 N–H and O–H groups in total. The van der Waals surface area contributed by atoms with Crippen molar-refractivity contribution in [1.29, 1.82) is 0 Å². The molecule has 2 heterocycles. The molecule has 0 aliphatic carbocycles. The van der Waals surface area contributed by atoms with Gasteiger partial charge in [0.05, 0.1) is 5.69 Å². The number of rotatable bonds is 3. The zero-order valence-electron chi connectivity index (χ0n) is 8.81. The molecule has 0 aromatic carbocycles. The third-order valence-corrected chi connectivity index (χ3v) is 2.24. The zero-order chi connectivity index (χ0) is 10.7. The number of anilines is 1. The number of nitrogens with zero attached hydrogens (tertiary/aromatic N) is 4. The van der Waals surface area contributed by atoms with E-state index in [4.69, 9.17) is 0 Å². The standard InChI is InChI=1S/C10H13N5/c1-11-9-5-8(13-7-14-9)6-10-12-3-4-15(10)2/h3-5,7H,6H2,1-2H3,(H,11,13,14). The largest absolute Gasteiger partial charge is 0.373 e. The molecule has 0 saturated heterocycles. The topological polar surface area (TPSA) is 55.6 Å². The highest BCUT2D eigenvalue weighted by Crippen LogP contribution is 2.07. The first-order valence-electron chi connectivity index (χ1n) is 4.74. The molecule has 2 aromatic rings. The van der Waals surface area contributed by atoms with Crippen LogP contribution < -0.4 is 5.32 Å². The van der Waals surface area contributed by atoms with Crippen molar-refractivity contribution in [2.45, 2.75) is 6.42 Å². The van der Waals surface area contributed by atoms with E-state index in [1.54, 1.807) is 12.5 Å². The lowest BCUT2D eigenvalue weighted by molar-refractivity contribution is 0.809. The van der Waals surface area contributed by atoms with Crippen LogP contribution in [0.1, 0.15) is 11.5 Å². The van der Waals surface area contributed by atoms with E-state index in [1.165, 1.54) is 0 Å². The van der Waals surface area contributed by atoms with Crippen molar-refractivity contribution in [2.24, 2.45) is 7.05 Å². The Morgan fingerprint density at radius 1 is 1.33 bits per heavy atom. The van der Waals surface area contributed by atoms with Crippen molar-refractivity contribution >= 4 is 5.82 Å². The molecule has 15 heavy (non-hydrogen) atoms. The number of imidazole rings is 1. The summed E-state index contributed by atoms with van der Waals surface area (Å²) in [5, 5.41) is 2.98. The molecule has 0 saturated carbocycles. The molecule has 0 aliphatic rings. The van der Waals surface area contributed by atoms with Gasteiger partial charge in [0.1, 0.15) is 18.0 Å². The summed E-state index contributed by atoms with van der Waals surface area (Å²) in [7, 11) is 3.81. The van der Waals surface area contributed by atoms with Gasteiger partial charge in [-0.2, -0.15) is 0 Å². The maximum Gasteiger partial charge on any atom is 0.129 e. The molecule has 0 atom stereocenters. The Labute approximate surface area is 88.2 Å². The summed E-state index contributed by atoms with van der Waals surface area (Å²) in [5.74, 6) is 1.82. The van der Waals surface area contributed by atoms with Crippen LogP contribution in [0.2, 0.25) is 0 Å². The van der Waals surface area contributed by atoms with E-state index in [2.05, 4.69) is 20.3 Å². The van der Waals surface area contributed by atoms with Gasteiger partial charge >= 0.3 is 0 Å². The number of aryl methyl sites for hydroxylation is 1. The van der Waals surface area contributed by atoms with Crippen LogP contribution in [0.4, 0.5) is 5.82 Å². The van der Waals surface area contributed by atoms with E-state index in [0.717, 1.165) is 23.8 Å². The van der Waals surface area contributed by atoms with Crippen LogP contribution in [0, 0.1) is 0 Å². The first kappa shape index (κ1) is 9.64. The van der Waals surface area contributed by atoms with Gasteiger partial charge in [-0.15, -0.1) is 0 Å². The molecular formula is C10H13N5. The SMILES string of the molecule is CNc1cc(Cc2nccn2C)ncn1. The molecule has 0 aliphatic heterocycles. The van der Waals surface area contributed by atoms with Crippen LogP contribution >= 0.6 is 0 Å². The quantitative estimate of drug-likeness (QED) is 0.803.